The van der Waals surface area contributed by atoms with Crippen molar-refractivity contribution in [3.05, 3.63) is 39.9 Å². The Kier molecular flexibility index (Phi) is 8.04. The lowest BCUT2D eigenvalue weighted by Gasteiger charge is -2.17. The minimum atomic E-state index is -1.06. The SMILES string of the molecule is CCOC(=O)CC[C@H](NC(=O)c1cccc([N+](=O)[O-])c1)C(=O)OCC. The lowest BCUT2D eigenvalue weighted by atomic mass is 10.1. The fourth-order valence-electron chi connectivity index (χ4n) is 1.99. The number of non-ortho nitro benzene ring substituents is 1. The maximum Gasteiger partial charge on any atom is 0.328 e. The third-order valence-electron chi connectivity index (χ3n) is 3.14. The molecule has 0 aliphatic carbocycles. The molecule has 0 unspecified atom stereocenters. The van der Waals surface area contributed by atoms with Crippen LogP contribution in [-0.4, -0.2) is 42.0 Å². The van der Waals surface area contributed by atoms with Crippen LogP contribution < -0.4 is 5.32 Å². The second-order valence-electron chi connectivity index (χ2n) is 4.93. The Bertz CT molecular complexity index is 645. The van der Waals surface area contributed by atoms with Crippen LogP contribution in [0.15, 0.2) is 24.3 Å². The van der Waals surface area contributed by atoms with Gasteiger partial charge in [0.2, 0.25) is 0 Å². The molecule has 1 aromatic rings. The molecular weight excluding hydrogens is 332 g/mol. The van der Waals surface area contributed by atoms with Gasteiger partial charge in [-0.25, -0.2) is 4.79 Å². The molecule has 25 heavy (non-hydrogen) atoms. The van der Waals surface area contributed by atoms with Crippen molar-refractivity contribution >= 4 is 23.5 Å². The van der Waals surface area contributed by atoms with Gasteiger partial charge in [-0.15, -0.1) is 0 Å². The molecule has 1 rings (SSSR count). The molecule has 1 amide bonds. The monoisotopic (exact) mass is 352 g/mol. The molecule has 0 aliphatic heterocycles. The molecule has 0 radical (unpaired) electrons. The highest BCUT2D eigenvalue weighted by molar-refractivity contribution is 5.97. The van der Waals surface area contributed by atoms with Gasteiger partial charge in [-0.2, -0.15) is 0 Å². The maximum absolute atomic E-state index is 12.3. The minimum Gasteiger partial charge on any atom is -0.466 e. The fraction of sp³-hybridized carbons (Fsp3) is 0.438. The van der Waals surface area contributed by atoms with E-state index in [9.17, 15) is 24.5 Å². The van der Waals surface area contributed by atoms with E-state index in [0.29, 0.717) is 0 Å². The summed E-state index contributed by atoms with van der Waals surface area (Å²) in [6.07, 6.45) is -0.0785. The number of rotatable bonds is 9. The van der Waals surface area contributed by atoms with Crippen molar-refractivity contribution in [3.8, 4) is 0 Å². The molecule has 0 heterocycles. The molecule has 1 N–H and O–H groups in total. The maximum atomic E-state index is 12.3. The molecular formula is C16H20N2O7. The number of amides is 1. The zero-order valence-corrected chi connectivity index (χ0v) is 14.0. The number of benzene rings is 1. The number of nitrogens with zero attached hydrogens (tertiary/aromatic N) is 1. The third kappa shape index (κ3) is 6.58. The van der Waals surface area contributed by atoms with E-state index in [2.05, 4.69) is 5.32 Å². The van der Waals surface area contributed by atoms with Gasteiger partial charge in [0.05, 0.1) is 18.1 Å². The first-order valence-corrected chi connectivity index (χ1v) is 7.76. The van der Waals surface area contributed by atoms with E-state index < -0.39 is 28.8 Å². The van der Waals surface area contributed by atoms with Crippen molar-refractivity contribution in [2.75, 3.05) is 13.2 Å². The predicted molar refractivity (Wildman–Crippen MR) is 86.9 cm³/mol. The first-order valence-electron chi connectivity index (χ1n) is 7.76. The Morgan fingerprint density at radius 1 is 1.20 bits per heavy atom. The molecule has 0 saturated carbocycles. The third-order valence-corrected chi connectivity index (χ3v) is 3.14. The number of nitrogens with one attached hydrogen (secondary N) is 1. The van der Waals surface area contributed by atoms with Gasteiger partial charge < -0.3 is 14.8 Å². The van der Waals surface area contributed by atoms with Gasteiger partial charge in [0, 0.05) is 24.1 Å². The van der Waals surface area contributed by atoms with Crippen LogP contribution in [0.5, 0.6) is 0 Å². The van der Waals surface area contributed by atoms with E-state index in [4.69, 9.17) is 9.47 Å². The van der Waals surface area contributed by atoms with Crippen LogP contribution >= 0.6 is 0 Å². The van der Waals surface area contributed by atoms with E-state index in [1.54, 1.807) is 13.8 Å². The van der Waals surface area contributed by atoms with Gasteiger partial charge in [-0.1, -0.05) is 6.07 Å². The summed E-state index contributed by atoms with van der Waals surface area (Å²) in [4.78, 5) is 45.8. The number of carbonyl (C=O) groups excluding carboxylic acids is 3. The molecule has 136 valence electrons. The Hall–Kier alpha value is -2.97. The predicted octanol–water partition coefficient (Wildman–Crippen LogP) is 1.60. The van der Waals surface area contributed by atoms with Crippen molar-refractivity contribution in [3.63, 3.8) is 0 Å². The van der Waals surface area contributed by atoms with Gasteiger partial charge in [-0.05, 0) is 26.3 Å². The van der Waals surface area contributed by atoms with E-state index in [1.165, 1.54) is 18.2 Å². The molecule has 0 bridgehead atoms. The summed E-state index contributed by atoms with van der Waals surface area (Å²) in [5, 5.41) is 13.2. The standard InChI is InChI=1S/C16H20N2O7/c1-3-24-14(19)9-8-13(16(21)25-4-2)17-15(20)11-6-5-7-12(10-11)18(22)23/h5-7,10,13H,3-4,8-9H2,1-2H3,(H,17,20)/t13-/m0/s1. The van der Waals surface area contributed by atoms with Crippen LogP contribution in [0.1, 0.15) is 37.0 Å². The average Bonchev–Trinajstić information content (AvgIpc) is 2.58. The Morgan fingerprint density at radius 3 is 2.48 bits per heavy atom. The molecule has 0 saturated heterocycles. The van der Waals surface area contributed by atoms with E-state index in [0.717, 1.165) is 6.07 Å². The van der Waals surface area contributed by atoms with Gasteiger partial charge in [0.25, 0.3) is 11.6 Å². The fourth-order valence-corrected chi connectivity index (χ4v) is 1.99. The number of nitro groups is 1. The van der Waals surface area contributed by atoms with Gasteiger partial charge in [0.15, 0.2) is 0 Å². The van der Waals surface area contributed by atoms with Crippen LogP contribution in [0.25, 0.3) is 0 Å². The van der Waals surface area contributed by atoms with E-state index >= 15 is 0 Å². The molecule has 0 fully saturated rings. The topological polar surface area (TPSA) is 125 Å². The van der Waals surface area contributed by atoms with Crippen LogP contribution in [-0.2, 0) is 19.1 Å². The molecule has 0 aliphatic rings. The Balaban J connectivity index is 2.83. The highest BCUT2D eigenvalue weighted by Crippen LogP contribution is 2.13. The van der Waals surface area contributed by atoms with Crippen LogP contribution in [0, 0.1) is 10.1 Å². The summed E-state index contributed by atoms with van der Waals surface area (Å²) in [6.45, 7) is 3.60. The van der Waals surface area contributed by atoms with Crippen molar-refractivity contribution in [1.82, 2.24) is 5.32 Å². The second-order valence-corrected chi connectivity index (χ2v) is 4.93. The van der Waals surface area contributed by atoms with Crippen LogP contribution in [0.2, 0.25) is 0 Å². The zero-order chi connectivity index (χ0) is 18.8. The summed E-state index contributed by atoms with van der Waals surface area (Å²) in [5.74, 6) is -1.86. The lowest BCUT2D eigenvalue weighted by molar-refractivity contribution is -0.384. The number of hydrogen-bond acceptors (Lipinski definition) is 7. The normalized spacial score (nSPS) is 11.3. The number of nitro benzene ring substituents is 1. The Morgan fingerprint density at radius 2 is 1.88 bits per heavy atom. The van der Waals surface area contributed by atoms with E-state index in [-0.39, 0.29) is 37.3 Å². The number of ether oxygens (including phenoxy) is 2. The molecule has 1 atom stereocenters. The quantitative estimate of drug-likeness (QED) is 0.406. The summed E-state index contributed by atoms with van der Waals surface area (Å²) in [5.41, 5.74) is -0.216. The average molecular weight is 352 g/mol. The largest absolute Gasteiger partial charge is 0.466 e. The number of carbonyl (C=O) groups is 3. The highest BCUT2D eigenvalue weighted by atomic mass is 16.6. The number of hydrogen-bond donors (Lipinski definition) is 1. The minimum absolute atomic E-state index is 0.00165. The van der Waals surface area contributed by atoms with Crippen LogP contribution in [0.3, 0.4) is 0 Å². The molecule has 9 heteroatoms. The van der Waals surface area contributed by atoms with Crippen molar-refractivity contribution in [2.24, 2.45) is 0 Å². The van der Waals surface area contributed by atoms with Crippen LogP contribution in [0.4, 0.5) is 5.69 Å². The summed E-state index contributed by atoms with van der Waals surface area (Å²) >= 11 is 0. The first kappa shape index (κ1) is 20.1. The molecule has 9 nitrogen and oxygen atoms in total. The smallest absolute Gasteiger partial charge is 0.328 e. The summed E-state index contributed by atoms with van der Waals surface area (Å²) in [7, 11) is 0. The van der Waals surface area contributed by atoms with Crippen molar-refractivity contribution < 1.29 is 28.8 Å². The molecule has 0 spiro atoms. The van der Waals surface area contributed by atoms with Crippen molar-refractivity contribution in [1.29, 1.82) is 0 Å². The summed E-state index contributed by atoms with van der Waals surface area (Å²) < 4.78 is 9.67. The lowest BCUT2D eigenvalue weighted by Crippen LogP contribution is -2.42. The first-order chi connectivity index (χ1) is 11.9. The molecule has 0 aromatic heterocycles. The second kappa shape index (κ2) is 10.0. The zero-order valence-electron chi connectivity index (χ0n) is 14.0. The Labute approximate surface area is 144 Å². The number of esters is 2. The van der Waals surface area contributed by atoms with Crippen molar-refractivity contribution in [2.45, 2.75) is 32.7 Å². The highest BCUT2D eigenvalue weighted by Gasteiger charge is 2.24. The molecule has 1 aromatic carbocycles. The van der Waals surface area contributed by atoms with Gasteiger partial charge >= 0.3 is 11.9 Å². The van der Waals surface area contributed by atoms with E-state index in [1.807, 2.05) is 0 Å². The van der Waals surface area contributed by atoms with Gasteiger partial charge in [-0.3, -0.25) is 19.7 Å². The summed E-state index contributed by atoms with van der Waals surface area (Å²) in [6, 6.07) is 4.04. The van der Waals surface area contributed by atoms with Gasteiger partial charge in [0.1, 0.15) is 6.04 Å².